The summed E-state index contributed by atoms with van der Waals surface area (Å²) in [7, 11) is 0. The van der Waals surface area contributed by atoms with Gasteiger partial charge in [-0.15, -0.1) is 0 Å². The molecule has 0 spiro atoms. The second kappa shape index (κ2) is 11.6. The summed E-state index contributed by atoms with van der Waals surface area (Å²) >= 11 is 0. The van der Waals surface area contributed by atoms with Crippen molar-refractivity contribution >= 4 is 17.7 Å². The molecule has 1 unspecified atom stereocenters. The van der Waals surface area contributed by atoms with E-state index in [1.807, 2.05) is 0 Å². The Morgan fingerprint density at radius 3 is 2.21 bits per heavy atom. The van der Waals surface area contributed by atoms with E-state index in [2.05, 4.69) is 10.6 Å². The number of piperidine rings is 1. The maximum atomic E-state index is 13.3. The molecule has 0 radical (unpaired) electrons. The van der Waals surface area contributed by atoms with Crippen LogP contribution < -0.4 is 16.4 Å². The standard InChI is InChI=1S/C24H29N3O6/c25-14-16-1-5-17(6-2-16)23(30)27-20(13-15-3-7-18(28)8-4-15)21(29)22(24(31)32)33-19-9-11-26-12-10-19/h1-8,19-20,22,26,28H,9-14,25H2,(H,27,30)(H,31,32)/t20?,22-/m0/s1. The van der Waals surface area contributed by atoms with Gasteiger partial charge < -0.3 is 31.3 Å². The molecule has 2 aromatic carbocycles. The predicted molar refractivity (Wildman–Crippen MR) is 121 cm³/mol. The summed E-state index contributed by atoms with van der Waals surface area (Å²) in [6.07, 6.45) is -0.815. The molecule has 1 fully saturated rings. The minimum atomic E-state index is -1.70. The van der Waals surface area contributed by atoms with E-state index in [1.54, 1.807) is 36.4 Å². The first kappa shape index (κ1) is 24.4. The molecule has 9 nitrogen and oxygen atoms in total. The van der Waals surface area contributed by atoms with Crippen molar-refractivity contribution < 1.29 is 29.3 Å². The molecule has 1 saturated heterocycles. The number of amides is 1. The van der Waals surface area contributed by atoms with Crippen LogP contribution in [0, 0.1) is 0 Å². The van der Waals surface area contributed by atoms with Gasteiger partial charge in [-0.3, -0.25) is 9.59 Å². The highest BCUT2D eigenvalue weighted by atomic mass is 16.5. The van der Waals surface area contributed by atoms with Crippen LogP contribution >= 0.6 is 0 Å². The summed E-state index contributed by atoms with van der Waals surface area (Å²) in [4.78, 5) is 38.1. The van der Waals surface area contributed by atoms with Crippen molar-refractivity contribution in [2.45, 2.75) is 44.1 Å². The Morgan fingerprint density at radius 1 is 1.03 bits per heavy atom. The minimum Gasteiger partial charge on any atom is -0.508 e. The fourth-order valence-electron chi connectivity index (χ4n) is 3.68. The molecule has 0 bridgehead atoms. The van der Waals surface area contributed by atoms with E-state index in [9.17, 15) is 24.6 Å². The highest BCUT2D eigenvalue weighted by molar-refractivity contribution is 6.06. The number of nitrogens with two attached hydrogens (primary N) is 1. The summed E-state index contributed by atoms with van der Waals surface area (Å²) in [5.74, 6) is -2.58. The third kappa shape index (κ3) is 6.85. The maximum Gasteiger partial charge on any atom is 0.340 e. The van der Waals surface area contributed by atoms with Crippen LogP contribution in [0.4, 0.5) is 0 Å². The Morgan fingerprint density at radius 2 is 1.64 bits per heavy atom. The maximum absolute atomic E-state index is 13.3. The van der Waals surface area contributed by atoms with Gasteiger partial charge in [0.25, 0.3) is 5.91 Å². The topological polar surface area (TPSA) is 151 Å². The molecular formula is C24H29N3O6. The molecule has 3 rings (SSSR count). The van der Waals surface area contributed by atoms with E-state index >= 15 is 0 Å². The molecule has 0 aromatic heterocycles. The lowest BCUT2D eigenvalue weighted by atomic mass is 9.97. The van der Waals surface area contributed by atoms with Gasteiger partial charge in [-0.1, -0.05) is 24.3 Å². The van der Waals surface area contributed by atoms with Crippen LogP contribution in [0.5, 0.6) is 5.75 Å². The van der Waals surface area contributed by atoms with Gasteiger partial charge in [0.15, 0.2) is 5.78 Å². The Balaban J connectivity index is 1.81. The summed E-state index contributed by atoms with van der Waals surface area (Å²) < 4.78 is 5.68. The van der Waals surface area contributed by atoms with Crippen LogP contribution in [0.15, 0.2) is 48.5 Å². The number of rotatable bonds is 10. The number of hydrogen-bond acceptors (Lipinski definition) is 7. The minimum absolute atomic E-state index is 0.0467. The van der Waals surface area contributed by atoms with E-state index < -0.39 is 29.8 Å². The number of phenolic OH excluding ortho intramolecular Hbond substituents is 1. The van der Waals surface area contributed by atoms with Gasteiger partial charge in [-0.2, -0.15) is 0 Å². The Labute approximate surface area is 191 Å². The van der Waals surface area contributed by atoms with Crippen molar-refractivity contribution in [2.75, 3.05) is 13.1 Å². The molecule has 1 aliphatic rings. The molecule has 9 heteroatoms. The van der Waals surface area contributed by atoms with Gasteiger partial charge in [0.2, 0.25) is 6.10 Å². The highest BCUT2D eigenvalue weighted by Gasteiger charge is 2.36. The molecule has 1 aliphatic heterocycles. The molecule has 1 heterocycles. The number of nitrogens with one attached hydrogen (secondary N) is 2. The first-order chi connectivity index (χ1) is 15.9. The van der Waals surface area contributed by atoms with Gasteiger partial charge in [0.1, 0.15) is 5.75 Å². The molecule has 2 aromatic rings. The van der Waals surface area contributed by atoms with Crippen molar-refractivity contribution in [1.82, 2.24) is 10.6 Å². The van der Waals surface area contributed by atoms with E-state index in [-0.39, 0.29) is 18.3 Å². The average molecular weight is 456 g/mol. The number of carbonyl (C=O) groups is 3. The molecule has 176 valence electrons. The van der Waals surface area contributed by atoms with E-state index in [4.69, 9.17) is 10.5 Å². The summed E-state index contributed by atoms with van der Waals surface area (Å²) in [6, 6.07) is 11.6. The number of ketones is 1. The fourth-order valence-corrected chi connectivity index (χ4v) is 3.68. The van der Waals surface area contributed by atoms with Gasteiger partial charge in [0, 0.05) is 12.1 Å². The summed E-state index contributed by atoms with van der Waals surface area (Å²) in [5, 5.41) is 25.1. The van der Waals surface area contributed by atoms with Gasteiger partial charge in [-0.05, 0) is 67.7 Å². The van der Waals surface area contributed by atoms with E-state index in [1.165, 1.54) is 12.1 Å². The SMILES string of the molecule is NCc1ccc(C(=O)NC(Cc2ccc(O)cc2)C(=O)[C@H](OC2CCNCC2)C(=O)O)cc1. The lowest BCUT2D eigenvalue weighted by molar-refractivity contribution is -0.162. The molecule has 2 atom stereocenters. The van der Waals surface area contributed by atoms with Crippen LogP contribution in [0.25, 0.3) is 0 Å². The first-order valence-electron chi connectivity index (χ1n) is 10.9. The first-order valence-corrected chi connectivity index (χ1v) is 10.9. The zero-order valence-electron chi connectivity index (χ0n) is 18.2. The van der Waals surface area contributed by atoms with Crippen LogP contribution in [-0.2, 0) is 27.3 Å². The number of benzene rings is 2. The number of aliphatic carboxylic acids is 1. The van der Waals surface area contributed by atoms with Crippen LogP contribution in [0.3, 0.4) is 0 Å². The zero-order valence-corrected chi connectivity index (χ0v) is 18.2. The second-order valence-electron chi connectivity index (χ2n) is 8.00. The number of carboxylic acid groups (broad SMARTS) is 1. The largest absolute Gasteiger partial charge is 0.508 e. The smallest absolute Gasteiger partial charge is 0.340 e. The number of carbonyl (C=O) groups excluding carboxylic acids is 2. The molecule has 6 N–H and O–H groups in total. The quantitative estimate of drug-likeness (QED) is 0.333. The van der Waals surface area contributed by atoms with Crippen molar-refractivity contribution in [3.05, 3.63) is 65.2 Å². The lowest BCUT2D eigenvalue weighted by Gasteiger charge is -2.28. The van der Waals surface area contributed by atoms with Crippen LogP contribution in [-0.4, -0.2) is 59.2 Å². The lowest BCUT2D eigenvalue weighted by Crippen LogP contribution is -2.51. The fraction of sp³-hybridized carbons (Fsp3) is 0.375. The molecule has 33 heavy (non-hydrogen) atoms. The number of ether oxygens (including phenoxy) is 1. The van der Waals surface area contributed by atoms with E-state index in [0.717, 1.165) is 5.56 Å². The third-order valence-corrected chi connectivity index (χ3v) is 5.57. The zero-order chi connectivity index (χ0) is 23.8. The number of aromatic hydroxyl groups is 1. The van der Waals surface area contributed by atoms with Crippen molar-refractivity contribution in [3.8, 4) is 5.75 Å². The molecule has 0 saturated carbocycles. The van der Waals surface area contributed by atoms with Gasteiger partial charge in [-0.25, -0.2) is 4.79 Å². The Bertz CT molecular complexity index is 955. The normalized spacial score (nSPS) is 16.0. The predicted octanol–water partition coefficient (Wildman–Crippen LogP) is 0.983. The highest BCUT2D eigenvalue weighted by Crippen LogP contribution is 2.16. The number of phenols is 1. The van der Waals surface area contributed by atoms with Crippen molar-refractivity contribution in [3.63, 3.8) is 0 Å². The number of Topliss-reactive ketones (excluding diaryl/α,β-unsaturated/α-hetero) is 1. The number of hydrogen-bond donors (Lipinski definition) is 5. The average Bonchev–Trinajstić information content (AvgIpc) is 2.83. The van der Waals surface area contributed by atoms with Crippen molar-refractivity contribution in [1.29, 1.82) is 0 Å². The van der Waals surface area contributed by atoms with Crippen molar-refractivity contribution in [2.24, 2.45) is 5.73 Å². The monoisotopic (exact) mass is 455 g/mol. The summed E-state index contributed by atoms with van der Waals surface area (Å²) in [6.45, 7) is 1.69. The molecule has 0 aliphatic carbocycles. The number of carboxylic acids is 1. The molecular weight excluding hydrogens is 426 g/mol. The second-order valence-corrected chi connectivity index (χ2v) is 8.00. The van der Waals surface area contributed by atoms with Crippen LogP contribution in [0.2, 0.25) is 0 Å². The third-order valence-electron chi connectivity index (χ3n) is 5.57. The Hall–Kier alpha value is -3.27. The van der Waals surface area contributed by atoms with E-state index in [0.29, 0.717) is 43.6 Å². The van der Waals surface area contributed by atoms with Gasteiger partial charge in [0.05, 0.1) is 12.1 Å². The van der Waals surface area contributed by atoms with Crippen LogP contribution in [0.1, 0.15) is 34.3 Å². The Kier molecular flexibility index (Phi) is 8.53. The van der Waals surface area contributed by atoms with Gasteiger partial charge >= 0.3 is 5.97 Å². The summed E-state index contributed by atoms with van der Waals surface area (Å²) in [5.41, 5.74) is 7.42. The molecule has 1 amide bonds.